The van der Waals surface area contributed by atoms with Gasteiger partial charge in [0.2, 0.25) is 0 Å². The molecule has 0 saturated carbocycles. The molecular formula is C12H12N4O3. The van der Waals surface area contributed by atoms with E-state index in [1.807, 2.05) is 0 Å². The summed E-state index contributed by atoms with van der Waals surface area (Å²) in [4.78, 5) is 11.3. The van der Waals surface area contributed by atoms with Crippen molar-refractivity contribution < 1.29 is 14.1 Å². The van der Waals surface area contributed by atoms with Crippen LogP contribution in [0.4, 0.5) is 17.1 Å². The van der Waals surface area contributed by atoms with Crippen LogP contribution in [0.3, 0.4) is 0 Å². The molecule has 0 aliphatic carbocycles. The zero-order valence-corrected chi connectivity index (χ0v) is 9.97. The fourth-order valence-electron chi connectivity index (χ4n) is 1.81. The maximum absolute atomic E-state index is 11.3. The number of aromatic nitrogens is 1. The number of fused-ring (bicyclic) bond motifs is 1. The number of amides is 1. The molecule has 98 valence electrons. The lowest BCUT2D eigenvalue weighted by Gasteiger charge is -2.20. The van der Waals surface area contributed by atoms with Crippen LogP contribution < -0.4 is 21.1 Å². The molecule has 2 aromatic rings. The molecule has 19 heavy (non-hydrogen) atoms. The smallest absolute Gasteiger partial charge is 0.262 e. The van der Waals surface area contributed by atoms with Crippen LogP contribution in [0.2, 0.25) is 0 Å². The maximum Gasteiger partial charge on any atom is 0.262 e. The topological polar surface area (TPSA) is 102 Å². The summed E-state index contributed by atoms with van der Waals surface area (Å²) in [7, 11) is 0. The fraction of sp³-hybridized carbons (Fsp3) is 0.167. The average molecular weight is 260 g/mol. The van der Waals surface area contributed by atoms with E-state index in [4.69, 9.17) is 15.0 Å². The van der Waals surface area contributed by atoms with Gasteiger partial charge in [-0.05, 0) is 6.07 Å². The van der Waals surface area contributed by atoms with E-state index in [0.29, 0.717) is 29.4 Å². The first-order chi connectivity index (χ1) is 9.22. The highest BCUT2D eigenvalue weighted by Crippen LogP contribution is 2.35. The molecule has 0 radical (unpaired) electrons. The summed E-state index contributed by atoms with van der Waals surface area (Å²) in [5, 5.41) is 9.64. The second-order valence-corrected chi connectivity index (χ2v) is 4.12. The Balaban J connectivity index is 1.81. The Bertz CT molecular complexity index is 610. The molecule has 0 saturated heterocycles. The summed E-state index contributed by atoms with van der Waals surface area (Å²) >= 11 is 0. The highest BCUT2D eigenvalue weighted by Gasteiger charge is 2.17. The van der Waals surface area contributed by atoms with Gasteiger partial charge in [0.25, 0.3) is 5.91 Å². The van der Waals surface area contributed by atoms with Crippen molar-refractivity contribution in [3.63, 3.8) is 0 Å². The van der Waals surface area contributed by atoms with E-state index in [1.54, 1.807) is 18.2 Å². The molecule has 0 bridgehead atoms. The lowest BCUT2D eigenvalue weighted by atomic mass is 10.2. The van der Waals surface area contributed by atoms with E-state index in [9.17, 15) is 4.79 Å². The number of nitrogens with two attached hydrogens (primary N) is 1. The van der Waals surface area contributed by atoms with E-state index in [-0.39, 0.29) is 12.5 Å². The Hall–Kier alpha value is -2.70. The van der Waals surface area contributed by atoms with Crippen molar-refractivity contribution in [2.24, 2.45) is 0 Å². The van der Waals surface area contributed by atoms with Crippen LogP contribution in [0.15, 0.2) is 29.0 Å². The van der Waals surface area contributed by atoms with Gasteiger partial charge < -0.3 is 25.6 Å². The minimum Gasteiger partial charge on any atom is -0.482 e. The van der Waals surface area contributed by atoms with Crippen molar-refractivity contribution in [1.82, 2.24) is 5.16 Å². The molecule has 7 nitrogen and oxygen atoms in total. The molecule has 1 aromatic heterocycles. The Morgan fingerprint density at radius 1 is 1.47 bits per heavy atom. The van der Waals surface area contributed by atoms with Crippen molar-refractivity contribution in [2.45, 2.75) is 6.54 Å². The summed E-state index contributed by atoms with van der Waals surface area (Å²) in [5.74, 6) is 0.392. The predicted octanol–water partition coefficient (Wildman–Crippen LogP) is 1.20. The van der Waals surface area contributed by atoms with Crippen molar-refractivity contribution in [2.75, 3.05) is 23.0 Å². The summed E-state index contributed by atoms with van der Waals surface area (Å²) in [6.45, 7) is 0.493. The molecule has 1 aliphatic heterocycles. The zero-order chi connectivity index (χ0) is 13.2. The Kier molecular flexibility index (Phi) is 2.71. The van der Waals surface area contributed by atoms with E-state index in [2.05, 4.69) is 15.8 Å². The number of nitrogens with zero attached hydrogens (tertiary/aromatic N) is 1. The van der Waals surface area contributed by atoms with Crippen molar-refractivity contribution in [3.05, 3.63) is 30.2 Å². The SMILES string of the molecule is Nc1cc2c(cc1NCc1ccon1)NC(=O)CO2. The zero-order valence-electron chi connectivity index (χ0n) is 9.97. The third-order valence-corrected chi connectivity index (χ3v) is 2.74. The first-order valence-electron chi connectivity index (χ1n) is 5.71. The Morgan fingerprint density at radius 2 is 2.37 bits per heavy atom. The van der Waals surface area contributed by atoms with Crippen LogP contribution in [0.25, 0.3) is 0 Å². The van der Waals surface area contributed by atoms with Crippen molar-refractivity contribution in [1.29, 1.82) is 0 Å². The second kappa shape index (κ2) is 4.52. The molecule has 3 rings (SSSR count). The molecule has 0 atom stereocenters. The number of nitrogen functional groups attached to an aromatic ring is 1. The van der Waals surface area contributed by atoms with Gasteiger partial charge in [0.1, 0.15) is 17.7 Å². The van der Waals surface area contributed by atoms with Crippen LogP contribution in [0, 0.1) is 0 Å². The highest BCUT2D eigenvalue weighted by atomic mass is 16.5. The van der Waals surface area contributed by atoms with Crippen LogP contribution in [-0.4, -0.2) is 17.7 Å². The molecule has 0 fully saturated rings. The van der Waals surface area contributed by atoms with Crippen molar-refractivity contribution in [3.8, 4) is 5.75 Å². The fourth-order valence-corrected chi connectivity index (χ4v) is 1.81. The number of rotatable bonds is 3. The van der Waals surface area contributed by atoms with Gasteiger partial charge >= 0.3 is 0 Å². The van der Waals surface area contributed by atoms with Gasteiger partial charge in [-0.1, -0.05) is 5.16 Å². The Morgan fingerprint density at radius 3 is 3.16 bits per heavy atom. The standard InChI is InChI=1S/C12H12N4O3/c13-8-3-11-10(15-12(17)6-18-11)4-9(8)14-5-7-1-2-19-16-7/h1-4,14H,5-6,13H2,(H,15,17). The molecule has 0 spiro atoms. The highest BCUT2D eigenvalue weighted by molar-refractivity contribution is 5.97. The normalized spacial score (nSPS) is 13.4. The van der Waals surface area contributed by atoms with Gasteiger partial charge in [0.15, 0.2) is 6.61 Å². The maximum atomic E-state index is 11.3. The Labute approximate surface area is 108 Å². The lowest BCUT2D eigenvalue weighted by Crippen LogP contribution is -2.25. The van der Waals surface area contributed by atoms with E-state index >= 15 is 0 Å². The van der Waals surface area contributed by atoms with Gasteiger partial charge in [-0.2, -0.15) is 0 Å². The lowest BCUT2D eigenvalue weighted by molar-refractivity contribution is -0.118. The molecule has 0 unspecified atom stereocenters. The van der Waals surface area contributed by atoms with Crippen LogP contribution >= 0.6 is 0 Å². The number of hydrogen-bond acceptors (Lipinski definition) is 6. The van der Waals surface area contributed by atoms with Gasteiger partial charge in [-0.3, -0.25) is 4.79 Å². The largest absolute Gasteiger partial charge is 0.482 e. The van der Waals surface area contributed by atoms with E-state index < -0.39 is 0 Å². The van der Waals surface area contributed by atoms with Gasteiger partial charge in [0, 0.05) is 12.1 Å². The van der Waals surface area contributed by atoms with Crippen LogP contribution in [0.1, 0.15) is 5.69 Å². The summed E-state index contributed by atoms with van der Waals surface area (Å²) in [6, 6.07) is 5.17. The van der Waals surface area contributed by atoms with Crippen LogP contribution in [0.5, 0.6) is 5.75 Å². The quantitative estimate of drug-likeness (QED) is 0.716. The third-order valence-electron chi connectivity index (χ3n) is 2.74. The average Bonchev–Trinajstić information content (AvgIpc) is 2.90. The predicted molar refractivity (Wildman–Crippen MR) is 68.8 cm³/mol. The molecule has 7 heteroatoms. The van der Waals surface area contributed by atoms with Gasteiger partial charge in [-0.25, -0.2) is 0 Å². The molecule has 4 N–H and O–H groups in total. The minimum atomic E-state index is -0.181. The molecule has 2 heterocycles. The summed E-state index contributed by atoms with van der Waals surface area (Å²) < 4.78 is 10.0. The molecule has 1 amide bonds. The van der Waals surface area contributed by atoms with Crippen molar-refractivity contribution >= 4 is 23.0 Å². The number of hydrogen-bond donors (Lipinski definition) is 3. The first kappa shape index (κ1) is 11.4. The summed E-state index contributed by atoms with van der Waals surface area (Å²) in [5.41, 5.74) is 8.53. The summed E-state index contributed by atoms with van der Waals surface area (Å²) in [6.07, 6.45) is 1.50. The monoisotopic (exact) mass is 260 g/mol. The third kappa shape index (κ3) is 2.30. The van der Waals surface area contributed by atoms with E-state index in [1.165, 1.54) is 6.26 Å². The molecule has 1 aromatic carbocycles. The number of carbonyl (C=O) groups excluding carboxylic acids is 1. The number of benzene rings is 1. The number of ether oxygens (including phenoxy) is 1. The van der Waals surface area contributed by atoms with Gasteiger partial charge in [0.05, 0.1) is 23.6 Å². The van der Waals surface area contributed by atoms with Crippen LogP contribution in [-0.2, 0) is 11.3 Å². The first-order valence-corrected chi connectivity index (χ1v) is 5.71. The minimum absolute atomic E-state index is 0.0121. The molecule has 1 aliphatic rings. The number of anilines is 3. The number of carbonyl (C=O) groups is 1. The second-order valence-electron chi connectivity index (χ2n) is 4.12. The number of nitrogens with one attached hydrogen (secondary N) is 2. The molecular weight excluding hydrogens is 248 g/mol. The van der Waals surface area contributed by atoms with Gasteiger partial charge in [-0.15, -0.1) is 0 Å². The van der Waals surface area contributed by atoms with E-state index in [0.717, 1.165) is 5.69 Å².